The third-order valence-corrected chi connectivity index (χ3v) is 3.97. The molecule has 0 aliphatic heterocycles. The molecule has 0 aromatic carbocycles. The van der Waals surface area contributed by atoms with Crippen LogP contribution in [0.1, 0.15) is 43.7 Å². The summed E-state index contributed by atoms with van der Waals surface area (Å²) in [4.78, 5) is 4.23. The van der Waals surface area contributed by atoms with Gasteiger partial charge in [-0.25, -0.2) is 4.98 Å². The Bertz CT molecular complexity index is 327. The highest BCUT2D eigenvalue weighted by Crippen LogP contribution is 2.34. The largest absolute Gasteiger partial charge is 0.324 e. The number of nitrogens with zero attached hydrogens (tertiary/aromatic N) is 1. The maximum absolute atomic E-state index is 6.30. The fraction of sp³-hybridized carbons (Fsp3) is 0.583. The molecule has 2 N–H and O–H groups in total. The molecule has 1 aromatic heterocycles. The first-order valence-corrected chi connectivity index (χ1v) is 6.44. The van der Waals surface area contributed by atoms with E-state index in [0.29, 0.717) is 5.92 Å². The van der Waals surface area contributed by atoms with Crippen LogP contribution in [0.2, 0.25) is 0 Å². The molecule has 2 rings (SSSR count). The number of rotatable bonds is 2. The predicted octanol–water partition coefficient (Wildman–Crippen LogP) is 3.85. The predicted molar refractivity (Wildman–Crippen MR) is 72.7 cm³/mol. The number of hydrogen-bond donors (Lipinski definition) is 1. The lowest BCUT2D eigenvalue weighted by molar-refractivity contribution is 0.307. The zero-order valence-electron chi connectivity index (χ0n) is 9.23. The SMILES string of the molecule is Cl.N[C@@H](c1cccnc1Br)C1CCCCC1. The average molecular weight is 306 g/mol. The summed E-state index contributed by atoms with van der Waals surface area (Å²) in [5.41, 5.74) is 7.46. The summed E-state index contributed by atoms with van der Waals surface area (Å²) in [6, 6.07) is 4.19. The van der Waals surface area contributed by atoms with Crippen molar-refractivity contribution in [1.82, 2.24) is 4.98 Å². The van der Waals surface area contributed by atoms with Crippen LogP contribution in [0.4, 0.5) is 0 Å². The summed E-state index contributed by atoms with van der Waals surface area (Å²) >= 11 is 3.47. The van der Waals surface area contributed by atoms with Gasteiger partial charge in [0.05, 0.1) is 0 Å². The zero-order valence-corrected chi connectivity index (χ0v) is 11.6. The highest BCUT2D eigenvalue weighted by molar-refractivity contribution is 9.10. The van der Waals surface area contributed by atoms with Crippen molar-refractivity contribution in [3.8, 4) is 0 Å². The van der Waals surface area contributed by atoms with Crippen LogP contribution in [0.3, 0.4) is 0 Å². The number of nitrogens with two attached hydrogens (primary N) is 1. The molecule has 0 amide bonds. The van der Waals surface area contributed by atoms with Crippen LogP contribution in [0, 0.1) is 5.92 Å². The van der Waals surface area contributed by atoms with E-state index < -0.39 is 0 Å². The van der Waals surface area contributed by atoms with E-state index in [4.69, 9.17) is 5.73 Å². The molecule has 1 saturated carbocycles. The number of aromatic nitrogens is 1. The Balaban J connectivity index is 0.00000128. The van der Waals surface area contributed by atoms with E-state index in [9.17, 15) is 0 Å². The minimum Gasteiger partial charge on any atom is -0.324 e. The van der Waals surface area contributed by atoms with Gasteiger partial charge in [0.15, 0.2) is 0 Å². The molecule has 1 atom stereocenters. The Morgan fingerprint density at radius 2 is 2.00 bits per heavy atom. The first-order chi connectivity index (χ1) is 7.29. The van der Waals surface area contributed by atoms with Gasteiger partial charge < -0.3 is 5.73 Å². The lowest BCUT2D eigenvalue weighted by Gasteiger charge is -2.28. The Morgan fingerprint density at radius 3 is 2.62 bits per heavy atom. The van der Waals surface area contributed by atoms with E-state index >= 15 is 0 Å². The summed E-state index contributed by atoms with van der Waals surface area (Å²) in [6.45, 7) is 0. The van der Waals surface area contributed by atoms with E-state index in [2.05, 4.69) is 27.0 Å². The van der Waals surface area contributed by atoms with Gasteiger partial charge in [0, 0.05) is 17.8 Å². The average Bonchev–Trinajstić information content (AvgIpc) is 2.30. The quantitative estimate of drug-likeness (QED) is 0.843. The van der Waals surface area contributed by atoms with Crippen molar-refractivity contribution in [3.05, 3.63) is 28.5 Å². The van der Waals surface area contributed by atoms with E-state index in [0.717, 1.165) is 10.2 Å². The lowest BCUT2D eigenvalue weighted by atomic mass is 9.82. The van der Waals surface area contributed by atoms with Crippen LogP contribution in [0.25, 0.3) is 0 Å². The van der Waals surface area contributed by atoms with Gasteiger partial charge in [-0.05, 0) is 40.8 Å². The van der Waals surface area contributed by atoms with Crippen LogP contribution >= 0.6 is 28.3 Å². The van der Waals surface area contributed by atoms with E-state index in [-0.39, 0.29) is 18.4 Å². The Labute approximate surface area is 112 Å². The van der Waals surface area contributed by atoms with Crippen LogP contribution in [-0.4, -0.2) is 4.98 Å². The van der Waals surface area contributed by atoms with Crippen molar-refractivity contribution >= 4 is 28.3 Å². The monoisotopic (exact) mass is 304 g/mol. The molecule has 90 valence electrons. The van der Waals surface area contributed by atoms with E-state index in [1.165, 1.54) is 32.1 Å². The minimum atomic E-state index is 0. The highest BCUT2D eigenvalue weighted by atomic mass is 79.9. The molecule has 1 fully saturated rings. The molecule has 0 spiro atoms. The van der Waals surface area contributed by atoms with E-state index in [1.807, 2.05) is 6.07 Å². The summed E-state index contributed by atoms with van der Waals surface area (Å²) in [7, 11) is 0. The van der Waals surface area contributed by atoms with Gasteiger partial charge in [-0.15, -0.1) is 12.4 Å². The number of pyridine rings is 1. The maximum Gasteiger partial charge on any atom is 0.110 e. The smallest absolute Gasteiger partial charge is 0.110 e. The van der Waals surface area contributed by atoms with Crippen LogP contribution in [-0.2, 0) is 0 Å². The molecule has 1 aromatic rings. The summed E-state index contributed by atoms with van der Waals surface area (Å²) in [6.07, 6.45) is 8.36. The molecule has 2 nitrogen and oxygen atoms in total. The van der Waals surface area contributed by atoms with Crippen LogP contribution in [0.5, 0.6) is 0 Å². The first-order valence-electron chi connectivity index (χ1n) is 5.65. The summed E-state index contributed by atoms with van der Waals surface area (Å²) < 4.78 is 0.906. The third kappa shape index (κ3) is 3.19. The minimum absolute atomic E-state index is 0. The molecule has 4 heteroatoms. The second-order valence-corrected chi connectivity index (χ2v) is 5.06. The molecule has 1 aliphatic carbocycles. The van der Waals surface area contributed by atoms with Crippen molar-refractivity contribution < 1.29 is 0 Å². The number of halogens is 2. The molecule has 0 saturated heterocycles. The van der Waals surface area contributed by atoms with Crippen molar-refractivity contribution in [1.29, 1.82) is 0 Å². The molecular weight excluding hydrogens is 288 g/mol. The summed E-state index contributed by atoms with van der Waals surface area (Å²) in [5.74, 6) is 0.638. The Morgan fingerprint density at radius 1 is 1.31 bits per heavy atom. The van der Waals surface area contributed by atoms with Crippen molar-refractivity contribution in [3.63, 3.8) is 0 Å². The summed E-state index contributed by atoms with van der Waals surface area (Å²) in [5, 5.41) is 0. The van der Waals surface area contributed by atoms with Gasteiger partial charge in [0.1, 0.15) is 4.60 Å². The van der Waals surface area contributed by atoms with Crippen LogP contribution < -0.4 is 5.73 Å². The van der Waals surface area contributed by atoms with E-state index in [1.54, 1.807) is 6.20 Å². The van der Waals surface area contributed by atoms with Gasteiger partial charge in [0.2, 0.25) is 0 Å². The van der Waals surface area contributed by atoms with Gasteiger partial charge >= 0.3 is 0 Å². The zero-order chi connectivity index (χ0) is 10.7. The second-order valence-electron chi connectivity index (χ2n) is 4.31. The molecule has 0 unspecified atom stereocenters. The Kier molecular flexibility index (Phi) is 5.73. The van der Waals surface area contributed by atoms with Crippen molar-refractivity contribution in [2.24, 2.45) is 11.7 Å². The normalized spacial score (nSPS) is 18.9. The topological polar surface area (TPSA) is 38.9 Å². The van der Waals surface area contributed by atoms with Crippen molar-refractivity contribution in [2.75, 3.05) is 0 Å². The van der Waals surface area contributed by atoms with Crippen molar-refractivity contribution in [2.45, 2.75) is 38.1 Å². The Hall–Kier alpha value is -0.120. The maximum atomic E-state index is 6.30. The fourth-order valence-corrected chi connectivity index (χ4v) is 2.91. The molecule has 1 aliphatic rings. The lowest BCUT2D eigenvalue weighted by Crippen LogP contribution is -2.24. The molecule has 16 heavy (non-hydrogen) atoms. The van der Waals surface area contributed by atoms with Gasteiger partial charge in [0.25, 0.3) is 0 Å². The molecule has 0 radical (unpaired) electrons. The van der Waals surface area contributed by atoms with Gasteiger partial charge in [-0.3, -0.25) is 0 Å². The first kappa shape index (κ1) is 13.9. The third-order valence-electron chi connectivity index (χ3n) is 3.30. The highest BCUT2D eigenvalue weighted by Gasteiger charge is 2.23. The second kappa shape index (κ2) is 6.58. The van der Waals surface area contributed by atoms with Gasteiger partial charge in [-0.1, -0.05) is 25.3 Å². The molecule has 0 bridgehead atoms. The number of hydrogen-bond acceptors (Lipinski definition) is 2. The molecular formula is C12H18BrClN2. The van der Waals surface area contributed by atoms with Crippen LogP contribution in [0.15, 0.2) is 22.9 Å². The molecule has 1 heterocycles. The fourth-order valence-electron chi connectivity index (χ4n) is 2.39. The standard InChI is InChI=1S/C12H17BrN2.ClH/c13-12-10(7-4-8-15-12)11(14)9-5-2-1-3-6-9;/h4,7-9,11H,1-3,5-6,14H2;1H/t11-;/m1./s1. The van der Waals surface area contributed by atoms with Gasteiger partial charge in [-0.2, -0.15) is 0 Å².